The lowest BCUT2D eigenvalue weighted by molar-refractivity contribution is -0.124. The Balaban J connectivity index is 2.41. The molecule has 0 radical (unpaired) electrons. The van der Waals surface area contributed by atoms with E-state index in [1.54, 1.807) is 19.1 Å². The molecule has 0 spiro atoms. The second-order valence-corrected chi connectivity index (χ2v) is 5.11. The maximum absolute atomic E-state index is 12.1. The highest BCUT2D eigenvalue weighted by atomic mass is 16.3. The summed E-state index contributed by atoms with van der Waals surface area (Å²) >= 11 is 0. The Hall–Kier alpha value is -2.57. The fraction of sp³-hybridized carbons (Fsp3) is 0.400. The molecule has 1 amide bonds. The van der Waals surface area contributed by atoms with Gasteiger partial charge in [-0.05, 0) is 38.5 Å². The van der Waals surface area contributed by atoms with Crippen LogP contribution in [-0.2, 0) is 4.79 Å². The minimum absolute atomic E-state index is 0.0224. The van der Waals surface area contributed by atoms with E-state index in [0.29, 0.717) is 18.0 Å². The molecule has 7 nitrogen and oxygen atoms in total. The monoisotopic (exact) mass is 304 g/mol. The molecule has 1 atom stereocenters. The van der Waals surface area contributed by atoms with Gasteiger partial charge in [0.05, 0.1) is 0 Å². The topological polar surface area (TPSA) is 103 Å². The van der Waals surface area contributed by atoms with Crippen LogP contribution in [0.2, 0.25) is 0 Å². The molecule has 2 aromatic heterocycles. The standard InChI is InChI=1S/C15H20N4O3/c1-4-7-17-14(20)10(3)19-15(21)11(16)8-12(18-19)13-6-5-9(2)22-13/h5-6,8,10H,4,7,16H2,1-3H3,(H,17,20)/t10-/m0/s1. The van der Waals surface area contributed by atoms with E-state index in [0.717, 1.165) is 16.9 Å². The lowest BCUT2D eigenvalue weighted by Gasteiger charge is -2.15. The van der Waals surface area contributed by atoms with Gasteiger partial charge >= 0.3 is 0 Å². The summed E-state index contributed by atoms with van der Waals surface area (Å²) in [5, 5.41) is 6.95. The molecule has 0 aliphatic carbocycles. The van der Waals surface area contributed by atoms with Crippen LogP contribution in [0.1, 0.15) is 32.1 Å². The summed E-state index contributed by atoms with van der Waals surface area (Å²) in [6.07, 6.45) is 0.814. The Morgan fingerprint density at radius 1 is 1.50 bits per heavy atom. The predicted molar refractivity (Wildman–Crippen MR) is 83.4 cm³/mol. The van der Waals surface area contributed by atoms with Crippen molar-refractivity contribution in [2.75, 3.05) is 12.3 Å². The molecule has 0 aliphatic heterocycles. The fourth-order valence-electron chi connectivity index (χ4n) is 1.99. The van der Waals surface area contributed by atoms with Crippen LogP contribution >= 0.6 is 0 Å². The van der Waals surface area contributed by atoms with Crippen LogP contribution in [0, 0.1) is 6.92 Å². The molecule has 118 valence electrons. The zero-order valence-electron chi connectivity index (χ0n) is 12.9. The molecular weight excluding hydrogens is 284 g/mol. The van der Waals surface area contributed by atoms with Crippen molar-refractivity contribution < 1.29 is 9.21 Å². The van der Waals surface area contributed by atoms with Crippen LogP contribution in [0.5, 0.6) is 0 Å². The number of nitrogen functional groups attached to an aromatic ring is 1. The van der Waals surface area contributed by atoms with Crippen LogP contribution in [-0.4, -0.2) is 22.2 Å². The average molecular weight is 304 g/mol. The number of amides is 1. The summed E-state index contributed by atoms with van der Waals surface area (Å²) in [5.41, 5.74) is 5.70. The molecule has 3 N–H and O–H groups in total. The van der Waals surface area contributed by atoms with Crippen LogP contribution in [0.15, 0.2) is 27.4 Å². The first-order valence-electron chi connectivity index (χ1n) is 7.18. The maximum atomic E-state index is 12.1. The van der Waals surface area contributed by atoms with Crippen molar-refractivity contribution >= 4 is 11.6 Å². The van der Waals surface area contributed by atoms with E-state index in [1.165, 1.54) is 6.07 Å². The zero-order chi connectivity index (χ0) is 16.3. The van der Waals surface area contributed by atoms with E-state index in [-0.39, 0.29) is 11.6 Å². The third-order valence-electron chi connectivity index (χ3n) is 3.25. The Bertz CT molecular complexity index is 733. The number of nitrogens with zero attached hydrogens (tertiary/aromatic N) is 2. The van der Waals surface area contributed by atoms with E-state index >= 15 is 0 Å². The Labute approximate surface area is 128 Å². The normalized spacial score (nSPS) is 12.1. The summed E-state index contributed by atoms with van der Waals surface area (Å²) in [6.45, 7) is 5.91. The van der Waals surface area contributed by atoms with Crippen molar-refractivity contribution in [2.24, 2.45) is 0 Å². The summed E-state index contributed by atoms with van der Waals surface area (Å²) in [5.74, 6) is 0.949. The van der Waals surface area contributed by atoms with Crippen molar-refractivity contribution in [1.82, 2.24) is 15.1 Å². The molecule has 0 saturated carbocycles. The van der Waals surface area contributed by atoms with Gasteiger partial charge < -0.3 is 15.5 Å². The Morgan fingerprint density at radius 3 is 2.82 bits per heavy atom. The number of furan rings is 1. The van der Waals surface area contributed by atoms with Crippen molar-refractivity contribution in [2.45, 2.75) is 33.2 Å². The van der Waals surface area contributed by atoms with Gasteiger partial charge in [0.2, 0.25) is 5.91 Å². The summed E-state index contributed by atoms with van der Waals surface area (Å²) < 4.78 is 6.58. The van der Waals surface area contributed by atoms with E-state index < -0.39 is 11.6 Å². The Kier molecular flexibility index (Phi) is 4.65. The van der Waals surface area contributed by atoms with E-state index in [4.69, 9.17) is 10.2 Å². The number of carbonyl (C=O) groups excluding carboxylic acids is 1. The zero-order valence-corrected chi connectivity index (χ0v) is 12.9. The highest BCUT2D eigenvalue weighted by molar-refractivity contribution is 5.79. The number of carbonyl (C=O) groups is 1. The van der Waals surface area contributed by atoms with Gasteiger partial charge in [0.15, 0.2) is 5.76 Å². The molecule has 2 aromatic rings. The molecule has 7 heteroatoms. The van der Waals surface area contributed by atoms with Crippen LogP contribution < -0.4 is 16.6 Å². The minimum Gasteiger partial charge on any atom is -0.460 e. The first kappa shape index (κ1) is 15.8. The Morgan fingerprint density at radius 2 is 2.23 bits per heavy atom. The van der Waals surface area contributed by atoms with Gasteiger partial charge in [-0.2, -0.15) is 5.10 Å². The number of aromatic nitrogens is 2. The number of nitrogens with one attached hydrogen (secondary N) is 1. The lowest BCUT2D eigenvalue weighted by atomic mass is 10.2. The minimum atomic E-state index is -0.752. The van der Waals surface area contributed by atoms with E-state index in [2.05, 4.69) is 10.4 Å². The molecule has 0 bridgehead atoms. The largest absolute Gasteiger partial charge is 0.460 e. The van der Waals surface area contributed by atoms with Crippen molar-refractivity contribution in [3.63, 3.8) is 0 Å². The first-order chi connectivity index (χ1) is 10.4. The third-order valence-corrected chi connectivity index (χ3v) is 3.25. The van der Waals surface area contributed by atoms with E-state index in [9.17, 15) is 9.59 Å². The van der Waals surface area contributed by atoms with Crippen LogP contribution in [0.4, 0.5) is 5.69 Å². The predicted octanol–water partition coefficient (Wildman–Crippen LogP) is 1.48. The van der Waals surface area contributed by atoms with Crippen LogP contribution in [0.3, 0.4) is 0 Å². The second kappa shape index (κ2) is 6.46. The molecular formula is C15H20N4O3. The quantitative estimate of drug-likeness (QED) is 0.871. The lowest BCUT2D eigenvalue weighted by Crippen LogP contribution is -2.38. The third kappa shape index (κ3) is 3.19. The van der Waals surface area contributed by atoms with Crippen molar-refractivity contribution in [3.05, 3.63) is 34.3 Å². The van der Waals surface area contributed by atoms with Gasteiger partial charge in [0, 0.05) is 6.54 Å². The molecule has 0 fully saturated rings. The SMILES string of the molecule is CCCNC(=O)[C@H](C)n1nc(-c2ccc(C)o2)cc(N)c1=O. The highest BCUT2D eigenvalue weighted by Crippen LogP contribution is 2.20. The first-order valence-corrected chi connectivity index (χ1v) is 7.18. The second-order valence-electron chi connectivity index (χ2n) is 5.11. The molecule has 0 aliphatic rings. The van der Waals surface area contributed by atoms with Crippen molar-refractivity contribution in [1.29, 1.82) is 0 Å². The molecule has 0 aromatic carbocycles. The van der Waals surface area contributed by atoms with Gasteiger partial charge in [0.25, 0.3) is 5.56 Å². The number of aryl methyl sites for hydroxylation is 1. The van der Waals surface area contributed by atoms with Gasteiger partial charge in [-0.25, -0.2) is 4.68 Å². The number of nitrogens with two attached hydrogens (primary N) is 1. The summed E-state index contributed by atoms with van der Waals surface area (Å²) in [7, 11) is 0. The fourth-order valence-corrected chi connectivity index (χ4v) is 1.99. The number of hydrogen-bond donors (Lipinski definition) is 2. The van der Waals surface area contributed by atoms with Crippen molar-refractivity contribution in [3.8, 4) is 11.5 Å². The van der Waals surface area contributed by atoms with Gasteiger partial charge in [-0.1, -0.05) is 6.92 Å². The van der Waals surface area contributed by atoms with Gasteiger partial charge in [-0.15, -0.1) is 0 Å². The van der Waals surface area contributed by atoms with Crippen LogP contribution in [0.25, 0.3) is 11.5 Å². The molecule has 2 heterocycles. The van der Waals surface area contributed by atoms with Gasteiger partial charge in [-0.3, -0.25) is 9.59 Å². The number of rotatable bonds is 5. The molecule has 22 heavy (non-hydrogen) atoms. The molecule has 2 rings (SSSR count). The summed E-state index contributed by atoms with van der Waals surface area (Å²) in [4.78, 5) is 24.2. The number of anilines is 1. The average Bonchev–Trinajstić information content (AvgIpc) is 2.93. The highest BCUT2D eigenvalue weighted by Gasteiger charge is 2.20. The smallest absolute Gasteiger partial charge is 0.290 e. The number of hydrogen-bond acceptors (Lipinski definition) is 5. The molecule has 0 unspecified atom stereocenters. The molecule has 0 saturated heterocycles. The van der Waals surface area contributed by atoms with Gasteiger partial charge in [0.1, 0.15) is 23.2 Å². The maximum Gasteiger partial charge on any atom is 0.290 e. The van der Waals surface area contributed by atoms with E-state index in [1.807, 2.05) is 13.8 Å². The summed E-state index contributed by atoms with van der Waals surface area (Å²) in [6, 6.07) is 4.24.